The number of nitrogens with zero attached hydrogens (tertiary/aromatic N) is 2. The van der Waals surface area contributed by atoms with Crippen LogP contribution >= 0.6 is 23.5 Å². The van der Waals surface area contributed by atoms with Crippen LogP contribution in [0.4, 0.5) is 0 Å². The maximum absolute atomic E-state index is 4.99. The van der Waals surface area contributed by atoms with Gasteiger partial charge in [0, 0.05) is 48.3 Å². The molecule has 2 fully saturated rings. The lowest BCUT2D eigenvalue weighted by molar-refractivity contribution is 0.609. The molecule has 3 heterocycles. The van der Waals surface area contributed by atoms with Crippen LogP contribution in [0.1, 0.15) is 46.8 Å². The second kappa shape index (κ2) is 5.26. The van der Waals surface area contributed by atoms with Crippen molar-refractivity contribution in [2.75, 3.05) is 23.8 Å². The predicted molar refractivity (Wildman–Crippen MR) is 81.9 cm³/mol. The van der Waals surface area contributed by atoms with Crippen LogP contribution in [0.15, 0.2) is 0 Å². The third-order valence-electron chi connectivity index (χ3n) is 4.05. The van der Waals surface area contributed by atoms with Crippen LogP contribution in [0, 0.1) is 0 Å². The minimum Gasteiger partial charge on any atom is -0.312 e. The zero-order chi connectivity index (χ0) is 12.7. The second-order valence-corrected chi connectivity index (χ2v) is 7.99. The lowest BCUT2D eigenvalue weighted by Crippen LogP contribution is -2.27. The van der Waals surface area contributed by atoms with Gasteiger partial charge in [-0.3, -0.25) is 0 Å². The zero-order valence-corrected chi connectivity index (χ0v) is 12.7. The molecule has 4 rings (SSSR count). The molecule has 1 N–H and O–H groups in total. The molecule has 102 valence electrons. The average Bonchev–Trinajstić information content (AvgIpc) is 3.32. The van der Waals surface area contributed by atoms with E-state index in [1.807, 2.05) is 11.8 Å². The van der Waals surface area contributed by atoms with E-state index in [0.717, 1.165) is 31.3 Å². The van der Waals surface area contributed by atoms with Crippen LogP contribution < -0.4 is 5.32 Å². The molecule has 0 spiro atoms. The Labute approximate surface area is 122 Å². The number of nitrogens with one attached hydrogen (secondary N) is 1. The molecule has 1 saturated carbocycles. The number of hydrogen-bond donors (Lipinski definition) is 1. The Morgan fingerprint density at radius 1 is 1.16 bits per heavy atom. The highest BCUT2D eigenvalue weighted by Gasteiger charge is 2.32. The van der Waals surface area contributed by atoms with Gasteiger partial charge in [-0.05, 0) is 12.8 Å². The third-order valence-corrected chi connectivity index (χ3v) is 6.80. The van der Waals surface area contributed by atoms with E-state index < -0.39 is 0 Å². The predicted octanol–water partition coefficient (Wildman–Crippen LogP) is 2.52. The van der Waals surface area contributed by atoms with E-state index in [4.69, 9.17) is 9.97 Å². The molecule has 2 aliphatic heterocycles. The van der Waals surface area contributed by atoms with Crippen molar-refractivity contribution in [3.8, 4) is 0 Å². The molecule has 0 amide bonds. The second-order valence-electron chi connectivity index (χ2n) is 5.53. The van der Waals surface area contributed by atoms with Crippen molar-refractivity contribution < 1.29 is 0 Å². The quantitative estimate of drug-likeness (QED) is 0.907. The molecule has 1 saturated heterocycles. The van der Waals surface area contributed by atoms with Crippen LogP contribution in [0.5, 0.6) is 0 Å². The van der Waals surface area contributed by atoms with Crippen LogP contribution in [0.25, 0.3) is 0 Å². The number of aromatic nitrogens is 2. The summed E-state index contributed by atoms with van der Waals surface area (Å²) in [7, 11) is 0. The van der Waals surface area contributed by atoms with Gasteiger partial charge in [0.05, 0.1) is 16.6 Å². The Balaban J connectivity index is 1.72. The molecule has 3 nitrogen and oxygen atoms in total. The van der Waals surface area contributed by atoms with E-state index in [-0.39, 0.29) is 0 Å². The number of rotatable bonds is 2. The van der Waals surface area contributed by atoms with Gasteiger partial charge in [0.25, 0.3) is 0 Å². The smallest absolute Gasteiger partial charge is 0.142 e. The van der Waals surface area contributed by atoms with E-state index >= 15 is 0 Å². The molecule has 1 atom stereocenters. The zero-order valence-electron chi connectivity index (χ0n) is 11.0. The first-order valence-corrected chi connectivity index (χ1v) is 9.42. The van der Waals surface area contributed by atoms with E-state index in [0.29, 0.717) is 5.25 Å². The fourth-order valence-electron chi connectivity index (χ4n) is 2.86. The van der Waals surface area contributed by atoms with Gasteiger partial charge in [0.15, 0.2) is 0 Å². The van der Waals surface area contributed by atoms with E-state index in [9.17, 15) is 0 Å². The molecule has 19 heavy (non-hydrogen) atoms. The molecule has 1 aromatic rings. The lowest BCUT2D eigenvalue weighted by atomic mass is 10.0. The maximum atomic E-state index is 4.99. The molecule has 0 aromatic carbocycles. The molecule has 5 heteroatoms. The Bertz CT molecular complexity index is 482. The number of hydrogen-bond acceptors (Lipinski definition) is 5. The van der Waals surface area contributed by atoms with Crippen molar-refractivity contribution in [1.82, 2.24) is 15.3 Å². The van der Waals surface area contributed by atoms with Crippen LogP contribution in [-0.2, 0) is 13.0 Å². The summed E-state index contributed by atoms with van der Waals surface area (Å²) in [6.07, 6.45) is 3.74. The first-order valence-electron chi connectivity index (χ1n) is 7.21. The third kappa shape index (κ3) is 2.52. The Kier molecular flexibility index (Phi) is 3.46. The summed E-state index contributed by atoms with van der Waals surface area (Å²) in [4.78, 5) is 9.91. The molecule has 1 aliphatic carbocycles. The summed E-state index contributed by atoms with van der Waals surface area (Å²) in [6, 6.07) is 0. The van der Waals surface area contributed by atoms with Crippen molar-refractivity contribution in [1.29, 1.82) is 0 Å². The average molecular weight is 293 g/mol. The minimum atomic E-state index is 0.524. The standard InChI is InChI=1S/C14H19N3S2/c1-2-9(1)13-10-7-15-4-3-11(10)16-14(17-13)12-8-18-5-6-19-12/h9,12,15H,1-8H2. The summed E-state index contributed by atoms with van der Waals surface area (Å²) < 4.78 is 0. The highest BCUT2D eigenvalue weighted by Crippen LogP contribution is 2.43. The molecular weight excluding hydrogens is 274 g/mol. The van der Waals surface area contributed by atoms with Gasteiger partial charge in [-0.1, -0.05) is 0 Å². The first-order chi connectivity index (χ1) is 9.42. The van der Waals surface area contributed by atoms with Gasteiger partial charge >= 0.3 is 0 Å². The normalized spacial score (nSPS) is 27.1. The molecule has 1 aromatic heterocycles. The van der Waals surface area contributed by atoms with Gasteiger partial charge in [-0.15, -0.1) is 11.8 Å². The number of fused-ring (bicyclic) bond motifs is 1. The topological polar surface area (TPSA) is 37.8 Å². The van der Waals surface area contributed by atoms with Crippen LogP contribution in [-0.4, -0.2) is 33.8 Å². The molecule has 3 aliphatic rings. The van der Waals surface area contributed by atoms with Gasteiger partial charge in [0.2, 0.25) is 0 Å². The van der Waals surface area contributed by atoms with E-state index in [1.54, 1.807) is 0 Å². The van der Waals surface area contributed by atoms with Gasteiger partial charge in [-0.25, -0.2) is 9.97 Å². The van der Waals surface area contributed by atoms with Crippen molar-refractivity contribution in [2.45, 2.75) is 37.0 Å². The summed E-state index contributed by atoms with van der Waals surface area (Å²) in [5.41, 5.74) is 4.14. The Morgan fingerprint density at radius 2 is 2.11 bits per heavy atom. The minimum absolute atomic E-state index is 0.524. The van der Waals surface area contributed by atoms with Gasteiger partial charge in [-0.2, -0.15) is 11.8 Å². The summed E-state index contributed by atoms with van der Waals surface area (Å²) in [5.74, 6) is 5.57. The van der Waals surface area contributed by atoms with E-state index in [1.165, 1.54) is 47.1 Å². The fraction of sp³-hybridized carbons (Fsp3) is 0.714. The summed E-state index contributed by atoms with van der Waals surface area (Å²) >= 11 is 4.10. The Morgan fingerprint density at radius 3 is 2.89 bits per heavy atom. The monoisotopic (exact) mass is 293 g/mol. The van der Waals surface area contributed by atoms with Crippen LogP contribution in [0.2, 0.25) is 0 Å². The summed E-state index contributed by atoms with van der Waals surface area (Å²) in [5, 5.41) is 4.00. The molecule has 1 unspecified atom stereocenters. The SMILES string of the molecule is C1Cc2nc(C3CSCCS3)nc(C3CC3)c2CN1. The van der Waals surface area contributed by atoms with Crippen molar-refractivity contribution in [3.63, 3.8) is 0 Å². The van der Waals surface area contributed by atoms with Crippen molar-refractivity contribution in [3.05, 3.63) is 22.8 Å². The number of thioether (sulfide) groups is 2. The van der Waals surface area contributed by atoms with Gasteiger partial charge < -0.3 is 5.32 Å². The molecule has 0 bridgehead atoms. The molecular formula is C14H19N3S2. The maximum Gasteiger partial charge on any atom is 0.142 e. The van der Waals surface area contributed by atoms with Crippen LogP contribution in [0.3, 0.4) is 0 Å². The van der Waals surface area contributed by atoms with Crippen molar-refractivity contribution in [2.24, 2.45) is 0 Å². The highest BCUT2D eigenvalue weighted by atomic mass is 32.2. The largest absolute Gasteiger partial charge is 0.312 e. The Hall–Kier alpha value is -0.260. The lowest BCUT2D eigenvalue weighted by Gasteiger charge is -2.24. The van der Waals surface area contributed by atoms with Crippen molar-refractivity contribution >= 4 is 23.5 Å². The molecule has 0 radical (unpaired) electrons. The first kappa shape index (κ1) is 12.5. The van der Waals surface area contributed by atoms with E-state index in [2.05, 4.69) is 17.1 Å². The highest BCUT2D eigenvalue weighted by molar-refractivity contribution is 8.06. The fourth-order valence-corrected chi connectivity index (χ4v) is 5.46. The summed E-state index contributed by atoms with van der Waals surface area (Å²) in [6.45, 7) is 2.05. The van der Waals surface area contributed by atoms with Gasteiger partial charge in [0.1, 0.15) is 5.82 Å².